The Labute approximate surface area is 115 Å². The van der Waals surface area contributed by atoms with Gasteiger partial charge in [-0.15, -0.1) is 0 Å². The first-order valence-electron chi connectivity index (χ1n) is 6.95. The minimum absolute atomic E-state index is 0.0211. The van der Waals surface area contributed by atoms with Crippen LogP contribution in [-0.4, -0.2) is 48.1 Å². The van der Waals surface area contributed by atoms with Crippen molar-refractivity contribution in [3.63, 3.8) is 0 Å². The van der Waals surface area contributed by atoms with Crippen LogP contribution < -0.4 is 5.32 Å². The van der Waals surface area contributed by atoms with Gasteiger partial charge in [0.05, 0.1) is 5.60 Å². The molecule has 0 aliphatic carbocycles. The monoisotopic (exact) mass is 270 g/mol. The van der Waals surface area contributed by atoms with Crippen molar-refractivity contribution in [2.75, 3.05) is 13.7 Å². The number of nitrogens with one attached hydrogen (secondary N) is 1. The Morgan fingerprint density at radius 2 is 2.05 bits per heavy atom. The SMILES string of the molecule is CCC1NC(=O)CC(C)N(CCC(C)(C)OC)C1=O. The van der Waals surface area contributed by atoms with Crippen LogP contribution in [0.5, 0.6) is 0 Å². The quantitative estimate of drug-likeness (QED) is 0.819. The molecular weight excluding hydrogens is 244 g/mol. The van der Waals surface area contributed by atoms with Crippen molar-refractivity contribution in [1.29, 1.82) is 0 Å². The van der Waals surface area contributed by atoms with Crippen molar-refractivity contribution < 1.29 is 14.3 Å². The highest BCUT2D eigenvalue weighted by molar-refractivity contribution is 5.90. The second-order valence-corrected chi connectivity index (χ2v) is 5.83. The molecule has 19 heavy (non-hydrogen) atoms. The third-order valence-electron chi connectivity index (χ3n) is 3.84. The first kappa shape index (κ1) is 16.0. The fourth-order valence-corrected chi connectivity index (χ4v) is 2.21. The fraction of sp³-hybridized carbons (Fsp3) is 0.857. The molecule has 1 aliphatic rings. The number of methoxy groups -OCH3 is 1. The van der Waals surface area contributed by atoms with Gasteiger partial charge in [0, 0.05) is 26.1 Å². The molecule has 0 spiro atoms. The first-order valence-corrected chi connectivity index (χ1v) is 6.95. The molecule has 1 aliphatic heterocycles. The lowest BCUT2D eigenvalue weighted by molar-refractivity contribution is -0.135. The summed E-state index contributed by atoms with van der Waals surface area (Å²) in [6.07, 6.45) is 1.75. The van der Waals surface area contributed by atoms with Crippen molar-refractivity contribution in [3.8, 4) is 0 Å². The summed E-state index contributed by atoms with van der Waals surface area (Å²) >= 11 is 0. The highest BCUT2D eigenvalue weighted by atomic mass is 16.5. The summed E-state index contributed by atoms with van der Waals surface area (Å²) in [6.45, 7) is 8.46. The lowest BCUT2D eigenvalue weighted by atomic mass is 10.0. The Bertz CT molecular complexity index is 342. The third kappa shape index (κ3) is 4.20. The van der Waals surface area contributed by atoms with Crippen LogP contribution in [0, 0.1) is 0 Å². The lowest BCUT2D eigenvalue weighted by Crippen LogP contribution is -2.47. The van der Waals surface area contributed by atoms with E-state index in [0.717, 1.165) is 6.42 Å². The molecule has 0 aromatic heterocycles. The minimum atomic E-state index is -0.386. The van der Waals surface area contributed by atoms with Crippen LogP contribution in [0.2, 0.25) is 0 Å². The molecule has 1 saturated heterocycles. The van der Waals surface area contributed by atoms with Gasteiger partial charge in [-0.25, -0.2) is 0 Å². The van der Waals surface area contributed by atoms with Gasteiger partial charge in [0.1, 0.15) is 6.04 Å². The standard InChI is InChI=1S/C14H26N2O3/c1-6-11-13(18)16(8-7-14(3,4)19-5)10(2)9-12(17)15-11/h10-11H,6-9H2,1-5H3,(H,15,17). The van der Waals surface area contributed by atoms with E-state index in [2.05, 4.69) is 5.32 Å². The fourth-order valence-electron chi connectivity index (χ4n) is 2.21. The summed E-state index contributed by atoms with van der Waals surface area (Å²) in [6, 6.07) is -0.445. The van der Waals surface area contributed by atoms with E-state index in [1.165, 1.54) is 0 Å². The molecule has 0 saturated carbocycles. The van der Waals surface area contributed by atoms with Gasteiger partial charge < -0.3 is 15.0 Å². The summed E-state index contributed by atoms with van der Waals surface area (Å²) < 4.78 is 5.38. The molecule has 0 aromatic rings. The van der Waals surface area contributed by atoms with E-state index in [9.17, 15) is 9.59 Å². The number of hydrogen-bond acceptors (Lipinski definition) is 3. The van der Waals surface area contributed by atoms with Crippen LogP contribution in [0.4, 0.5) is 0 Å². The molecule has 1 fully saturated rings. The topological polar surface area (TPSA) is 58.6 Å². The molecule has 110 valence electrons. The first-order chi connectivity index (χ1) is 8.80. The molecule has 2 unspecified atom stereocenters. The highest BCUT2D eigenvalue weighted by Crippen LogP contribution is 2.18. The number of carbonyl (C=O) groups excluding carboxylic acids is 2. The number of ether oxygens (including phenoxy) is 1. The summed E-state index contributed by atoms with van der Waals surface area (Å²) in [5, 5.41) is 2.79. The molecule has 0 aromatic carbocycles. The van der Waals surface area contributed by atoms with Crippen LogP contribution in [-0.2, 0) is 14.3 Å². The van der Waals surface area contributed by atoms with E-state index in [4.69, 9.17) is 4.74 Å². The predicted octanol–water partition coefficient (Wildman–Crippen LogP) is 1.32. The van der Waals surface area contributed by atoms with Crippen molar-refractivity contribution in [1.82, 2.24) is 10.2 Å². The van der Waals surface area contributed by atoms with Gasteiger partial charge in [-0.1, -0.05) is 6.92 Å². The van der Waals surface area contributed by atoms with E-state index in [1.807, 2.05) is 32.6 Å². The van der Waals surface area contributed by atoms with E-state index < -0.39 is 0 Å². The number of amides is 2. The van der Waals surface area contributed by atoms with Gasteiger partial charge in [-0.05, 0) is 33.6 Å². The maximum atomic E-state index is 12.4. The van der Waals surface area contributed by atoms with Gasteiger partial charge in [-0.3, -0.25) is 9.59 Å². The molecular formula is C14H26N2O3. The van der Waals surface area contributed by atoms with E-state index in [0.29, 0.717) is 19.4 Å². The van der Waals surface area contributed by atoms with Crippen molar-refractivity contribution in [3.05, 3.63) is 0 Å². The molecule has 0 radical (unpaired) electrons. The number of hydrogen-bond donors (Lipinski definition) is 1. The smallest absolute Gasteiger partial charge is 0.245 e. The molecule has 1 rings (SSSR count). The van der Waals surface area contributed by atoms with Crippen molar-refractivity contribution in [2.24, 2.45) is 0 Å². The Morgan fingerprint density at radius 1 is 1.42 bits per heavy atom. The van der Waals surface area contributed by atoms with E-state index >= 15 is 0 Å². The van der Waals surface area contributed by atoms with Gasteiger partial charge in [-0.2, -0.15) is 0 Å². The zero-order valence-corrected chi connectivity index (χ0v) is 12.7. The van der Waals surface area contributed by atoms with Gasteiger partial charge in [0.25, 0.3) is 0 Å². The predicted molar refractivity (Wildman–Crippen MR) is 73.7 cm³/mol. The molecule has 5 nitrogen and oxygen atoms in total. The van der Waals surface area contributed by atoms with Crippen molar-refractivity contribution in [2.45, 2.75) is 64.6 Å². The maximum Gasteiger partial charge on any atom is 0.245 e. The largest absolute Gasteiger partial charge is 0.379 e. The van der Waals surface area contributed by atoms with Gasteiger partial charge in [0.15, 0.2) is 0 Å². The normalized spacial score (nSPS) is 25.2. The summed E-state index contributed by atoms with van der Waals surface area (Å²) in [7, 11) is 1.67. The van der Waals surface area contributed by atoms with Crippen molar-refractivity contribution >= 4 is 11.8 Å². The minimum Gasteiger partial charge on any atom is -0.379 e. The molecule has 1 N–H and O–H groups in total. The summed E-state index contributed by atoms with van der Waals surface area (Å²) in [4.78, 5) is 25.9. The Morgan fingerprint density at radius 3 is 2.58 bits per heavy atom. The molecule has 0 bridgehead atoms. The van der Waals surface area contributed by atoms with Gasteiger partial charge in [0.2, 0.25) is 11.8 Å². The van der Waals surface area contributed by atoms with Gasteiger partial charge >= 0.3 is 0 Å². The summed E-state index contributed by atoms with van der Waals surface area (Å²) in [5.41, 5.74) is -0.258. The zero-order chi connectivity index (χ0) is 14.6. The average molecular weight is 270 g/mol. The molecule has 2 amide bonds. The molecule has 1 heterocycles. The number of rotatable bonds is 5. The van der Waals surface area contributed by atoms with Crippen LogP contribution >= 0.6 is 0 Å². The Balaban J connectivity index is 2.77. The molecule has 2 atom stereocenters. The number of nitrogens with zero attached hydrogens (tertiary/aromatic N) is 1. The highest BCUT2D eigenvalue weighted by Gasteiger charge is 2.33. The van der Waals surface area contributed by atoms with Crippen LogP contribution in [0.25, 0.3) is 0 Å². The van der Waals surface area contributed by atoms with Crippen LogP contribution in [0.15, 0.2) is 0 Å². The summed E-state index contributed by atoms with van der Waals surface area (Å²) in [5.74, 6) is -0.0195. The van der Waals surface area contributed by atoms with E-state index in [1.54, 1.807) is 7.11 Å². The second-order valence-electron chi connectivity index (χ2n) is 5.83. The van der Waals surface area contributed by atoms with E-state index in [-0.39, 0.29) is 29.5 Å². The number of carbonyl (C=O) groups is 2. The Hall–Kier alpha value is -1.10. The van der Waals surface area contributed by atoms with Crippen LogP contribution in [0.1, 0.15) is 47.0 Å². The van der Waals surface area contributed by atoms with Crippen LogP contribution in [0.3, 0.4) is 0 Å². The average Bonchev–Trinajstić information content (AvgIpc) is 2.44. The lowest BCUT2D eigenvalue weighted by Gasteiger charge is -2.32. The molecule has 5 heteroatoms. The second kappa shape index (κ2) is 6.37. The zero-order valence-electron chi connectivity index (χ0n) is 12.7. The maximum absolute atomic E-state index is 12.4. The third-order valence-corrected chi connectivity index (χ3v) is 3.84. The Kier molecular flexibility index (Phi) is 5.35.